The molecule has 1 aliphatic heterocycles. The number of carbonyl (C=O) groups is 1. The van der Waals surface area contributed by atoms with Crippen LogP contribution in [0.25, 0.3) is 0 Å². The lowest BCUT2D eigenvalue weighted by Crippen LogP contribution is -2.38. The maximum Gasteiger partial charge on any atom is 0.417 e. The van der Waals surface area contributed by atoms with E-state index in [9.17, 15) is 26.7 Å². The standard InChI is InChI=1S/C15H17F5N2O2/c1-13(2,3)24-12(23)22-8-14(16,17)6-11(22)10-5-4-9(7-21-10)15(18,19)20/h4-5,7,11H,6,8H2,1-3H3/t11-/m1/s1. The Labute approximate surface area is 135 Å². The summed E-state index contributed by atoms with van der Waals surface area (Å²) in [7, 11) is 0. The molecule has 0 bridgehead atoms. The molecule has 2 heterocycles. The van der Waals surface area contributed by atoms with Crippen molar-refractivity contribution in [1.82, 2.24) is 9.88 Å². The Hall–Kier alpha value is -1.93. The fraction of sp³-hybridized carbons (Fsp3) is 0.600. The molecular weight excluding hydrogens is 335 g/mol. The number of carbonyl (C=O) groups excluding carboxylic acids is 1. The van der Waals surface area contributed by atoms with Crippen molar-refractivity contribution in [2.45, 2.75) is 50.9 Å². The summed E-state index contributed by atoms with van der Waals surface area (Å²) >= 11 is 0. The van der Waals surface area contributed by atoms with Crippen LogP contribution >= 0.6 is 0 Å². The highest BCUT2D eigenvalue weighted by atomic mass is 19.4. The quantitative estimate of drug-likeness (QED) is 0.703. The van der Waals surface area contributed by atoms with Gasteiger partial charge in [-0.05, 0) is 32.9 Å². The number of rotatable bonds is 1. The molecule has 1 aromatic heterocycles. The zero-order valence-corrected chi connectivity index (χ0v) is 13.3. The third kappa shape index (κ3) is 4.33. The number of alkyl halides is 5. The molecule has 1 fully saturated rings. The van der Waals surface area contributed by atoms with Crippen molar-refractivity contribution in [2.75, 3.05) is 6.54 Å². The number of hydrogen-bond acceptors (Lipinski definition) is 3. The number of pyridine rings is 1. The van der Waals surface area contributed by atoms with Gasteiger partial charge in [-0.15, -0.1) is 0 Å². The second-order valence-electron chi connectivity index (χ2n) is 6.65. The van der Waals surface area contributed by atoms with Gasteiger partial charge in [-0.3, -0.25) is 9.88 Å². The van der Waals surface area contributed by atoms with Gasteiger partial charge >= 0.3 is 12.3 Å². The second kappa shape index (κ2) is 5.86. The van der Waals surface area contributed by atoms with Gasteiger partial charge in [0, 0.05) is 12.6 Å². The minimum Gasteiger partial charge on any atom is -0.444 e. The predicted octanol–water partition coefficient (Wildman–Crippen LogP) is 4.42. The second-order valence-corrected chi connectivity index (χ2v) is 6.65. The number of nitrogens with zero attached hydrogens (tertiary/aromatic N) is 2. The van der Waals surface area contributed by atoms with Gasteiger partial charge in [-0.2, -0.15) is 13.2 Å². The normalized spacial score (nSPS) is 21.0. The van der Waals surface area contributed by atoms with E-state index in [0.29, 0.717) is 6.20 Å². The van der Waals surface area contributed by atoms with E-state index in [2.05, 4.69) is 4.98 Å². The first-order chi connectivity index (χ1) is 10.8. The van der Waals surface area contributed by atoms with Crippen LogP contribution in [0.15, 0.2) is 18.3 Å². The molecule has 0 spiro atoms. The third-order valence-electron chi connectivity index (χ3n) is 3.35. The van der Waals surface area contributed by atoms with Gasteiger partial charge in [0.05, 0.1) is 23.8 Å². The molecule has 0 N–H and O–H groups in total. The fourth-order valence-corrected chi connectivity index (χ4v) is 2.36. The summed E-state index contributed by atoms with van der Waals surface area (Å²) in [5.41, 5.74) is -1.90. The van der Waals surface area contributed by atoms with Crippen LogP contribution in [0.4, 0.5) is 26.7 Å². The lowest BCUT2D eigenvalue weighted by molar-refractivity contribution is -0.137. The summed E-state index contributed by atoms with van der Waals surface area (Å²) in [6, 6.07) is 0.621. The SMILES string of the molecule is CC(C)(C)OC(=O)N1CC(F)(F)C[C@@H]1c1ccc(C(F)(F)F)cn1. The summed E-state index contributed by atoms with van der Waals surface area (Å²) in [5, 5.41) is 0. The molecule has 0 unspecified atom stereocenters. The Morgan fingerprint density at radius 2 is 1.92 bits per heavy atom. The number of amides is 1. The smallest absolute Gasteiger partial charge is 0.417 e. The summed E-state index contributed by atoms with van der Waals surface area (Å²) in [5.74, 6) is -3.16. The summed E-state index contributed by atoms with van der Waals surface area (Å²) in [6.45, 7) is 3.90. The number of likely N-dealkylation sites (tertiary alicyclic amines) is 1. The largest absolute Gasteiger partial charge is 0.444 e. The fourth-order valence-electron chi connectivity index (χ4n) is 2.36. The van der Waals surface area contributed by atoms with Crippen molar-refractivity contribution >= 4 is 6.09 Å². The molecule has 9 heteroatoms. The molecule has 1 amide bonds. The Kier molecular flexibility index (Phi) is 4.49. The van der Waals surface area contributed by atoms with Crippen LogP contribution in [0.1, 0.15) is 44.5 Å². The van der Waals surface area contributed by atoms with E-state index >= 15 is 0 Å². The van der Waals surface area contributed by atoms with Crippen molar-refractivity contribution < 1.29 is 31.5 Å². The highest BCUT2D eigenvalue weighted by molar-refractivity contribution is 5.69. The van der Waals surface area contributed by atoms with E-state index < -0.39 is 48.4 Å². The van der Waals surface area contributed by atoms with Gasteiger partial charge in [-0.25, -0.2) is 13.6 Å². The van der Waals surface area contributed by atoms with E-state index in [0.717, 1.165) is 17.0 Å². The zero-order valence-electron chi connectivity index (χ0n) is 13.3. The van der Waals surface area contributed by atoms with Gasteiger partial charge < -0.3 is 4.74 Å². The molecule has 4 nitrogen and oxygen atoms in total. The van der Waals surface area contributed by atoms with Gasteiger partial charge in [0.15, 0.2) is 0 Å². The summed E-state index contributed by atoms with van der Waals surface area (Å²) in [6.07, 6.45) is -5.67. The topological polar surface area (TPSA) is 42.4 Å². The number of halogens is 5. The van der Waals surface area contributed by atoms with Crippen molar-refractivity contribution in [1.29, 1.82) is 0 Å². The monoisotopic (exact) mass is 352 g/mol. The predicted molar refractivity (Wildman–Crippen MR) is 74.5 cm³/mol. The third-order valence-corrected chi connectivity index (χ3v) is 3.35. The van der Waals surface area contributed by atoms with E-state index in [1.807, 2.05) is 0 Å². The molecule has 1 atom stereocenters. The first kappa shape index (κ1) is 18.4. The Balaban J connectivity index is 2.27. The molecule has 0 aromatic carbocycles. The van der Waals surface area contributed by atoms with Crippen LogP contribution in [0.3, 0.4) is 0 Å². The van der Waals surface area contributed by atoms with Crippen molar-refractivity contribution in [3.8, 4) is 0 Å². The molecule has 1 aliphatic rings. The average molecular weight is 352 g/mol. The van der Waals surface area contributed by atoms with Crippen LogP contribution in [-0.2, 0) is 10.9 Å². The van der Waals surface area contributed by atoms with Crippen LogP contribution in [0.2, 0.25) is 0 Å². The van der Waals surface area contributed by atoms with Crippen LogP contribution in [0.5, 0.6) is 0 Å². The first-order valence-electron chi connectivity index (χ1n) is 7.19. The molecule has 0 saturated carbocycles. The van der Waals surface area contributed by atoms with Gasteiger partial charge in [0.2, 0.25) is 0 Å². The molecule has 1 saturated heterocycles. The minimum absolute atomic E-state index is 0.0361. The number of hydrogen-bond donors (Lipinski definition) is 0. The van der Waals surface area contributed by atoms with Crippen LogP contribution in [0, 0.1) is 0 Å². The van der Waals surface area contributed by atoms with Gasteiger partial charge in [0.1, 0.15) is 5.60 Å². The molecule has 0 aliphatic carbocycles. The molecule has 1 aromatic rings. The average Bonchev–Trinajstić information content (AvgIpc) is 2.72. The molecule has 2 rings (SSSR count). The highest BCUT2D eigenvalue weighted by Gasteiger charge is 2.49. The van der Waals surface area contributed by atoms with Crippen molar-refractivity contribution in [2.24, 2.45) is 0 Å². The van der Waals surface area contributed by atoms with E-state index in [-0.39, 0.29) is 5.69 Å². The van der Waals surface area contributed by atoms with Crippen LogP contribution in [-0.4, -0.2) is 34.0 Å². The van der Waals surface area contributed by atoms with Crippen LogP contribution < -0.4 is 0 Å². The summed E-state index contributed by atoms with van der Waals surface area (Å²) < 4.78 is 70.3. The highest BCUT2D eigenvalue weighted by Crippen LogP contribution is 2.41. The number of ether oxygens (including phenoxy) is 1. The lowest BCUT2D eigenvalue weighted by Gasteiger charge is -2.28. The summed E-state index contributed by atoms with van der Waals surface area (Å²) in [4.78, 5) is 16.5. The number of aromatic nitrogens is 1. The Morgan fingerprint density at radius 3 is 2.38 bits per heavy atom. The maximum absolute atomic E-state index is 13.7. The van der Waals surface area contributed by atoms with E-state index in [4.69, 9.17) is 4.74 Å². The van der Waals surface area contributed by atoms with Crippen molar-refractivity contribution in [3.63, 3.8) is 0 Å². The maximum atomic E-state index is 13.7. The van der Waals surface area contributed by atoms with E-state index in [1.165, 1.54) is 0 Å². The molecular formula is C15H17F5N2O2. The molecule has 134 valence electrons. The minimum atomic E-state index is -4.57. The Morgan fingerprint density at radius 1 is 1.29 bits per heavy atom. The van der Waals surface area contributed by atoms with Gasteiger partial charge in [-0.1, -0.05) is 0 Å². The Bertz CT molecular complexity index is 608. The van der Waals surface area contributed by atoms with Gasteiger partial charge in [0.25, 0.3) is 5.92 Å². The molecule has 24 heavy (non-hydrogen) atoms. The molecule has 0 radical (unpaired) electrons. The zero-order chi connectivity index (χ0) is 18.3. The van der Waals surface area contributed by atoms with E-state index in [1.54, 1.807) is 20.8 Å². The first-order valence-corrected chi connectivity index (χ1v) is 7.19. The van der Waals surface area contributed by atoms with Crippen molar-refractivity contribution in [3.05, 3.63) is 29.6 Å². The lowest BCUT2D eigenvalue weighted by atomic mass is 10.1.